The minimum Gasteiger partial charge on any atom is -0.497 e. The Balaban J connectivity index is 1.34. The minimum atomic E-state index is -0.115. The smallest absolute Gasteiger partial charge is 0.280 e. The molecular weight excluding hydrogens is 374 g/mol. The molecule has 0 radical (unpaired) electrons. The van der Waals surface area contributed by atoms with Crippen LogP contribution >= 0.6 is 11.3 Å². The van der Waals surface area contributed by atoms with Crippen LogP contribution in [0, 0.1) is 0 Å². The number of fused-ring (bicyclic) bond motifs is 1. The van der Waals surface area contributed by atoms with Crippen molar-refractivity contribution < 1.29 is 9.53 Å². The van der Waals surface area contributed by atoms with E-state index in [1.807, 2.05) is 36.7 Å². The van der Waals surface area contributed by atoms with Crippen LogP contribution in [-0.4, -0.2) is 46.2 Å². The number of methoxy groups -OCH3 is 1. The van der Waals surface area contributed by atoms with Crippen molar-refractivity contribution in [3.05, 3.63) is 63.4 Å². The molecule has 7 nitrogen and oxygen atoms in total. The van der Waals surface area contributed by atoms with Gasteiger partial charge < -0.3 is 10.1 Å². The van der Waals surface area contributed by atoms with E-state index in [0.717, 1.165) is 49.5 Å². The molecule has 0 saturated heterocycles. The number of H-pyrrole nitrogens is 1. The third-order valence-electron chi connectivity index (χ3n) is 4.84. The zero-order valence-electron chi connectivity index (χ0n) is 15.8. The highest BCUT2D eigenvalue weighted by atomic mass is 32.1. The molecule has 0 bridgehead atoms. The number of aromatic nitrogens is 3. The molecular formula is C20H23N5O2S. The number of hydrogen-bond acceptors (Lipinski definition) is 6. The molecule has 1 aliphatic rings. The number of amides is 1. The second kappa shape index (κ2) is 8.53. The molecule has 3 aromatic rings. The minimum absolute atomic E-state index is 0.115. The Morgan fingerprint density at radius 1 is 1.32 bits per heavy atom. The fraction of sp³-hybridized carbons (Fsp3) is 0.350. The summed E-state index contributed by atoms with van der Waals surface area (Å²) >= 11 is 1.52. The molecule has 146 valence electrons. The van der Waals surface area contributed by atoms with E-state index in [2.05, 4.69) is 25.4 Å². The van der Waals surface area contributed by atoms with Gasteiger partial charge in [0.05, 0.1) is 19.0 Å². The van der Waals surface area contributed by atoms with Crippen LogP contribution in [-0.2, 0) is 25.9 Å². The Morgan fingerprint density at radius 3 is 3.04 bits per heavy atom. The van der Waals surface area contributed by atoms with Gasteiger partial charge in [-0.25, -0.2) is 4.98 Å². The largest absolute Gasteiger partial charge is 0.497 e. The maximum atomic E-state index is 12.5. The second-order valence-electron chi connectivity index (χ2n) is 6.81. The summed E-state index contributed by atoms with van der Waals surface area (Å²) in [6, 6.07) is 7.70. The van der Waals surface area contributed by atoms with E-state index in [-0.39, 0.29) is 5.91 Å². The van der Waals surface area contributed by atoms with E-state index in [0.29, 0.717) is 11.6 Å². The van der Waals surface area contributed by atoms with Crippen molar-refractivity contribution in [3.63, 3.8) is 0 Å². The fourth-order valence-corrected chi connectivity index (χ4v) is 4.34. The maximum absolute atomic E-state index is 12.5. The predicted molar refractivity (Wildman–Crippen MR) is 108 cm³/mol. The topological polar surface area (TPSA) is 83.1 Å². The van der Waals surface area contributed by atoms with Crippen LogP contribution in [0.4, 0.5) is 0 Å². The predicted octanol–water partition coefficient (Wildman–Crippen LogP) is 2.41. The molecule has 1 amide bonds. The van der Waals surface area contributed by atoms with Gasteiger partial charge in [-0.1, -0.05) is 12.1 Å². The number of aromatic amines is 1. The highest BCUT2D eigenvalue weighted by Crippen LogP contribution is 2.24. The molecule has 2 N–H and O–H groups in total. The zero-order chi connectivity index (χ0) is 19.3. The highest BCUT2D eigenvalue weighted by molar-refractivity contribution is 7.13. The van der Waals surface area contributed by atoms with E-state index in [9.17, 15) is 4.79 Å². The first kappa shape index (κ1) is 18.6. The van der Waals surface area contributed by atoms with E-state index >= 15 is 0 Å². The number of ether oxygens (including phenoxy) is 1. The van der Waals surface area contributed by atoms with Gasteiger partial charge in [-0.15, -0.1) is 11.3 Å². The standard InChI is InChI=1S/C20H23N5O2S/c1-27-16-4-2-3-14(9-16)10-21-19(26)20-24-17-5-7-25(8-6-18(17)28-20)13-15-11-22-23-12-15/h2-4,9,11-12H,5-8,10,13H2,1H3,(H,21,26)(H,22,23). The molecule has 0 saturated carbocycles. The molecule has 1 aliphatic heterocycles. The van der Waals surface area contributed by atoms with Gasteiger partial charge >= 0.3 is 0 Å². The lowest BCUT2D eigenvalue weighted by Crippen LogP contribution is -2.26. The molecule has 0 aliphatic carbocycles. The van der Waals surface area contributed by atoms with Crippen LogP contribution in [0.25, 0.3) is 0 Å². The first-order valence-corrected chi connectivity index (χ1v) is 10.1. The van der Waals surface area contributed by atoms with Crippen molar-refractivity contribution in [2.45, 2.75) is 25.9 Å². The van der Waals surface area contributed by atoms with Crippen LogP contribution in [0.15, 0.2) is 36.7 Å². The third-order valence-corrected chi connectivity index (χ3v) is 6.00. The van der Waals surface area contributed by atoms with Crippen molar-refractivity contribution in [1.82, 2.24) is 25.4 Å². The van der Waals surface area contributed by atoms with Crippen LogP contribution in [0.1, 0.15) is 31.5 Å². The van der Waals surface area contributed by atoms with Crippen molar-refractivity contribution in [2.24, 2.45) is 0 Å². The number of carbonyl (C=O) groups excluding carboxylic acids is 1. The molecule has 0 unspecified atom stereocenters. The lowest BCUT2D eigenvalue weighted by Gasteiger charge is -2.18. The summed E-state index contributed by atoms with van der Waals surface area (Å²) in [5.41, 5.74) is 3.25. The quantitative estimate of drug-likeness (QED) is 0.667. The van der Waals surface area contributed by atoms with Gasteiger partial charge in [0.2, 0.25) is 0 Å². The molecule has 0 atom stereocenters. The average molecular weight is 398 g/mol. The van der Waals surface area contributed by atoms with Crippen LogP contribution in [0.3, 0.4) is 0 Å². The van der Waals surface area contributed by atoms with Crippen molar-refractivity contribution in [2.75, 3.05) is 20.2 Å². The Morgan fingerprint density at radius 2 is 2.21 bits per heavy atom. The van der Waals surface area contributed by atoms with Crippen LogP contribution in [0.2, 0.25) is 0 Å². The number of rotatable bonds is 6. The number of nitrogens with one attached hydrogen (secondary N) is 2. The zero-order valence-corrected chi connectivity index (χ0v) is 16.6. The van der Waals surface area contributed by atoms with Gasteiger partial charge in [0.15, 0.2) is 5.01 Å². The molecule has 0 spiro atoms. The average Bonchev–Trinajstić information content (AvgIpc) is 3.34. The third kappa shape index (κ3) is 4.40. The molecule has 4 rings (SSSR count). The van der Waals surface area contributed by atoms with E-state index in [1.165, 1.54) is 21.8 Å². The van der Waals surface area contributed by atoms with Gasteiger partial charge in [0, 0.05) is 49.2 Å². The number of thiazole rings is 1. The van der Waals surface area contributed by atoms with Gasteiger partial charge in [0.25, 0.3) is 5.91 Å². The molecule has 1 aromatic carbocycles. The summed E-state index contributed by atoms with van der Waals surface area (Å²) in [5.74, 6) is 0.670. The first-order valence-electron chi connectivity index (χ1n) is 9.31. The van der Waals surface area contributed by atoms with Gasteiger partial charge in [0.1, 0.15) is 5.75 Å². The summed E-state index contributed by atoms with van der Waals surface area (Å²) in [6.07, 6.45) is 5.59. The Bertz CT molecular complexity index is 912. The van der Waals surface area contributed by atoms with Gasteiger partial charge in [-0.3, -0.25) is 14.8 Å². The molecule has 2 aromatic heterocycles. The van der Waals surface area contributed by atoms with E-state index in [4.69, 9.17) is 4.74 Å². The van der Waals surface area contributed by atoms with Crippen LogP contribution in [0.5, 0.6) is 5.75 Å². The molecule has 3 heterocycles. The molecule has 0 fully saturated rings. The van der Waals surface area contributed by atoms with Crippen molar-refractivity contribution in [3.8, 4) is 5.75 Å². The number of benzene rings is 1. The SMILES string of the molecule is COc1cccc(CNC(=O)c2nc3c(s2)CCN(Cc2cn[nH]c2)CC3)c1. The number of nitrogens with zero attached hydrogens (tertiary/aromatic N) is 3. The first-order chi connectivity index (χ1) is 13.7. The molecule has 28 heavy (non-hydrogen) atoms. The Hall–Kier alpha value is -2.71. The lowest BCUT2D eigenvalue weighted by molar-refractivity contribution is 0.0950. The number of carbonyl (C=O) groups is 1. The van der Waals surface area contributed by atoms with Gasteiger partial charge in [-0.05, 0) is 24.1 Å². The summed E-state index contributed by atoms with van der Waals surface area (Å²) in [7, 11) is 1.64. The van der Waals surface area contributed by atoms with E-state index in [1.54, 1.807) is 7.11 Å². The highest BCUT2D eigenvalue weighted by Gasteiger charge is 2.21. The monoisotopic (exact) mass is 397 g/mol. The lowest BCUT2D eigenvalue weighted by atomic mass is 10.2. The maximum Gasteiger partial charge on any atom is 0.280 e. The normalized spacial score (nSPS) is 14.3. The summed E-state index contributed by atoms with van der Waals surface area (Å²) in [4.78, 5) is 20.8. The Labute approximate surface area is 167 Å². The second-order valence-corrected chi connectivity index (χ2v) is 7.89. The van der Waals surface area contributed by atoms with Crippen molar-refractivity contribution >= 4 is 17.2 Å². The van der Waals surface area contributed by atoms with Crippen molar-refractivity contribution in [1.29, 1.82) is 0 Å². The van der Waals surface area contributed by atoms with Gasteiger partial charge in [-0.2, -0.15) is 5.10 Å². The molecule has 8 heteroatoms. The fourth-order valence-electron chi connectivity index (χ4n) is 3.33. The number of hydrogen-bond donors (Lipinski definition) is 2. The Kier molecular flexibility index (Phi) is 5.68. The summed E-state index contributed by atoms with van der Waals surface area (Å²) in [6.45, 7) is 3.25. The summed E-state index contributed by atoms with van der Waals surface area (Å²) in [5, 5.41) is 10.4. The van der Waals surface area contributed by atoms with Crippen LogP contribution < -0.4 is 10.1 Å². The summed E-state index contributed by atoms with van der Waals surface area (Å²) < 4.78 is 5.22. The van der Waals surface area contributed by atoms with E-state index < -0.39 is 0 Å².